The summed E-state index contributed by atoms with van der Waals surface area (Å²) in [5, 5.41) is 0. The number of halogens is 1. The van der Waals surface area contributed by atoms with E-state index in [-0.39, 0.29) is 5.88 Å². The Morgan fingerprint density at radius 3 is 2.95 bits per heavy atom. The molecule has 1 aromatic carbocycles. The predicted octanol–water partition coefficient (Wildman–Crippen LogP) is 3.12. The van der Waals surface area contributed by atoms with E-state index in [1.165, 1.54) is 0 Å². The first-order chi connectivity index (χ1) is 9.76. The van der Waals surface area contributed by atoms with Gasteiger partial charge in [-0.25, -0.2) is 9.98 Å². The second-order valence-corrected chi connectivity index (χ2v) is 4.39. The fraction of sp³-hybridized carbons (Fsp3) is 0.0714. The van der Waals surface area contributed by atoms with Gasteiger partial charge in [-0.2, -0.15) is 0 Å². The molecule has 0 aliphatic carbocycles. The van der Waals surface area contributed by atoms with Gasteiger partial charge in [0.15, 0.2) is 5.58 Å². The molecule has 0 amide bonds. The number of oxazole rings is 1. The van der Waals surface area contributed by atoms with Crippen LogP contribution in [0.15, 0.2) is 52.0 Å². The standard InChI is InChI=1S/C14H11ClN4O/c15-8-13(16)18-9-4-5-12-11(7-9)19-14(20-12)10-3-1-2-6-17-10/h1-7H,8H2,(H2,16,18). The molecule has 0 spiro atoms. The van der Waals surface area contributed by atoms with Gasteiger partial charge in [0.2, 0.25) is 5.89 Å². The van der Waals surface area contributed by atoms with Crippen molar-refractivity contribution in [2.75, 3.05) is 5.88 Å². The molecule has 0 aliphatic rings. The number of hydrogen-bond donors (Lipinski definition) is 1. The number of aromatic nitrogens is 2. The van der Waals surface area contributed by atoms with Crippen molar-refractivity contribution >= 4 is 34.2 Å². The number of amidine groups is 1. The lowest BCUT2D eigenvalue weighted by Gasteiger charge is -1.95. The Morgan fingerprint density at radius 1 is 1.30 bits per heavy atom. The maximum Gasteiger partial charge on any atom is 0.246 e. The van der Waals surface area contributed by atoms with E-state index >= 15 is 0 Å². The highest BCUT2D eigenvalue weighted by Crippen LogP contribution is 2.26. The SMILES string of the molecule is NC(CCl)=Nc1ccc2oc(-c3ccccn3)nc2c1. The van der Waals surface area contributed by atoms with Gasteiger partial charge in [0, 0.05) is 6.20 Å². The quantitative estimate of drug-likeness (QED) is 0.456. The number of nitrogens with zero attached hydrogens (tertiary/aromatic N) is 3. The van der Waals surface area contributed by atoms with E-state index < -0.39 is 0 Å². The number of aliphatic imine (C=N–C) groups is 1. The zero-order valence-corrected chi connectivity index (χ0v) is 11.2. The lowest BCUT2D eigenvalue weighted by molar-refractivity contribution is 0.617. The van der Waals surface area contributed by atoms with Crippen LogP contribution in [0.2, 0.25) is 0 Å². The molecule has 0 fully saturated rings. The van der Waals surface area contributed by atoms with Crippen LogP contribution in [0, 0.1) is 0 Å². The monoisotopic (exact) mass is 286 g/mol. The summed E-state index contributed by atoms with van der Waals surface area (Å²) in [7, 11) is 0. The molecular formula is C14H11ClN4O. The van der Waals surface area contributed by atoms with Gasteiger partial charge in [-0.15, -0.1) is 11.6 Å². The predicted molar refractivity (Wildman–Crippen MR) is 79.2 cm³/mol. The Labute approximate surface area is 120 Å². The first-order valence-electron chi connectivity index (χ1n) is 5.97. The van der Waals surface area contributed by atoms with Gasteiger partial charge >= 0.3 is 0 Å². The zero-order chi connectivity index (χ0) is 13.9. The molecule has 3 aromatic rings. The van der Waals surface area contributed by atoms with Crippen molar-refractivity contribution in [3.05, 3.63) is 42.6 Å². The fourth-order valence-corrected chi connectivity index (χ4v) is 1.84. The minimum atomic E-state index is 0.191. The number of nitrogens with two attached hydrogens (primary N) is 1. The van der Waals surface area contributed by atoms with Crippen molar-refractivity contribution in [2.24, 2.45) is 10.7 Å². The summed E-state index contributed by atoms with van der Waals surface area (Å²) in [4.78, 5) is 12.8. The molecule has 2 N–H and O–H groups in total. The molecule has 0 atom stereocenters. The third-order valence-corrected chi connectivity index (χ3v) is 2.94. The molecule has 0 bridgehead atoms. The van der Waals surface area contributed by atoms with Gasteiger partial charge < -0.3 is 10.2 Å². The number of rotatable bonds is 3. The van der Waals surface area contributed by atoms with Gasteiger partial charge in [-0.3, -0.25) is 4.98 Å². The second-order valence-electron chi connectivity index (χ2n) is 4.12. The van der Waals surface area contributed by atoms with Crippen molar-refractivity contribution < 1.29 is 4.42 Å². The van der Waals surface area contributed by atoms with Crippen molar-refractivity contribution in [3.8, 4) is 11.6 Å². The molecule has 2 aromatic heterocycles. The van der Waals surface area contributed by atoms with Gasteiger partial charge in [-0.1, -0.05) is 6.07 Å². The third kappa shape index (κ3) is 2.48. The van der Waals surface area contributed by atoms with Crippen molar-refractivity contribution in [3.63, 3.8) is 0 Å². The number of fused-ring (bicyclic) bond motifs is 1. The molecule has 5 nitrogen and oxygen atoms in total. The summed E-state index contributed by atoms with van der Waals surface area (Å²) in [6, 6.07) is 11.0. The van der Waals surface area contributed by atoms with Gasteiger partial charge in [0.1, 0.15) is 17.0 Å². The Hall–Kier alpha value is -2.40. The second kappa shape index (κ2) is 5.30. The zero-order valence-electron chi connectivity index (χ0n) is 10.5. The molecule has 2 heterocycles. The Bertz CT molecular complexity index is 767. The van der Waals surface area contributed by atoms with Gasteiger partial charge in [0.05, 0.1) is 11.6 Å². The number of alkyl halides is 1. The van der Waals surface area contributed by atoms with Crippen LogP contribution in [0.4, 0.5) is 5.69 Å². The van der Waals surface area contributed by atoms with Crippen molar-refractivity contribution in [1.82, 2.24) is 9.97 Å². The summed E-state index contributed by atoms with van der Waals surface area (Å²) < 4.78 is 5.66. The lowest BCUT2D eigenvalue weighted by Crippen LogP contribution is -2.12. The van der Waals surface area contributed by atoms with Crippen LogP contribution in [0.5, 0.6) is 0 Å². The average molecular weight is 287 g/mol. The number of pyridine rings is 1. The maximum atomic E-state index is 5.66. The lowest BCUT2D eigenvalue weighted by atomic mass is 10.3. The van der Waals surface area contributed by atoms with Gasteiger partial charge in [0.25, 0.3) is 0 Å². The van der Waals surface area contributed by atoms with Crippen LogP contribution in [0.3, 0.4) is 0 Å². The van der Waals surface area contributed by atoms with E-state index in [4.69, 9.17) is 21.8 Å². The molecular weight excluding hydrogens is 276 g/mol. The minimum absolute atomic E-state index is 0.191. The topological polar surface area (TPSA) is 77.3 Å². The first kappa shape index (κ1) is 12.6. The number of benzene rings is 1. The van der Waals surface area contributed by atoms with E-state index in [1.807, 2.05) is 18.2 Å². The van der Waals surface area contributed by atoms with Crippen LogP contribution in [0.1, 0.15) is 0 Å². The summed E-state index contributed by atoms with van der Waals surface area (Å²) in [6.45, 7) is 0. The normalized spacial score (nSPS) is 11.9. The highest BCUT2D eigenvalue weighted by atomic mass is 35.5. The molecule has 3 rings (SSSR count). The smallest absolute Gasteiger partial charge is 0.246 e. The minimum Gasteiger partial charge on any atom is -0.435 e. The molecule has 6 heteroatoms. The molecule has 0 unspecified atom stereocenters. The summed E-state index contributed by atoms with van der Waals surface area (Å²) >= 11 is 5.61. The average Bonchev–Trinajstić information content (AvgIpc) is 2.91. The summed E-state index contributed by atoms with van der Waals surface area (Å²) in [6.07, 6.45) is 1.70. The van der Waals surface area contributed by atoms with Crippen LogP contribution in [-0.4, -0.2) is 21.7 Å². The van der Waals surface area contributed by atoms with E-state index in [9.17, 15) is 0 Å². The van der Waals surface area contributed by atoms with Gasteiger partial charge in [-0.05, 0) is 30.3 Å². The molecule has 20 heavy (non-hydrogen) atoms. The maximum absolute atomic E-state index is 5.66. The van der Waals surface area contributed by atoms with E-state index in [0.717, 1.165) is 0 Å². The summed E-state index contributed by atoms with van der Waals surface area (Å²) in [5.41, 5.74) is 8.37. The van der Waals surface area contributed by atoms with Crippen LogP contribution < -0.4 is 5.73 Å². The molecule has 0 saturated heterocycles. The highest BCUT2D eigenvalue weighted by Gasteiger charge is 2.09. The van der Waals surface area contributed by atoms with Crippen LogP contribution in [-0.2, 0) is 0 Å². The molecule has 100 valence electrons. The largest absolute Gasteiger partial charge is 0.435 e. The van der Waals surface area contributed by atoms with E-state index in [1.54, 1.807) is 24.4 Å². The van der Waals surface area contributed by atoms with E-state index in [2.05, 4.69) is 15.0 Å². The Balaban J connectivity index is 2.04. The van der Waals surface area contributed by atoms with Crippen LogP contribution in [0.25, 0.3) is 22.7 Å². The third-order valence-electron chi connectivity index (χ3n) is 2.66. The molecule has 0 aliphatic heterocycles. The Kier molecular flexibility index (Phi) is 3.35. The summed E-state index contributed by atoms with van der Waals surface area (Å²) in [5.74, 6) is 1.03. The van der Waals surface area contributed by atoms with Crippen molar-refractivity contribution in [1.29, 1.82) is 0 Å². The molecule has 0 radical (unpaired) electrons. The van der Waals surface area contributed by atoms with Crippen molar-refractivity contribution in [2.45, 2.75) is 0 Å². The van der Waals surface area contributed by atoms with Crippen LogP contribution >= 0.6 is 11.6 Å². The number of hydrogen-bond acceptors (Lipinski definition) is 4. The molecule has 0 saturated carbocycles. The van der Waals surface area contributed by atoms with E-state index in [0.29, 0.717) is 34.2 Å². The fourth-order valence-electron chi connectivity index (χ4n) is 1.78. The Morgan fingerprint density at radius 2 is 2.20 bits per heavy atom. The highest BCUT2D eigenvalue weighted by molar-refractivity contribution is 6.28. The first-order valence-corrected chi connectivity index (χ1v) is 6.51.